The number of amides is 1. The molecule has 0 bridgehead atoms. The molecule has 3 aromatic rings. The fourth-order valence-corrected chi connectivity index (χ4v) is 8.53. The SMILES string of the molecule is O=C(C1CCCN(S(=O)(=O)c2ccc(Cl)s2)C1)N1CCN(c2nc3c(F)cccc3s2)CC1. The van der Waals surface area contributed by atoms with Gasteiger partial charge in [0, 0.05) is 39.3 Å². The van der Waals surface area contributed by atoms with Crippen molar-refractivity contribution in [3.8, 4) is 0 Å². The number of aromatic nitrogens is 1. The predicted octanol–water partition coefficient (Wildman–Crippen LogP) is 3.90. The molecule has 0 aliphatic carbocycles. The number of benzene rings is 1. The number of anilines is 1. The molecule has 4 heterocycles. The number of piperidine rings is 1. The third kappa shape index (κ3) is 4.49. The van der Waals surface area contributed by atoms with E-state index in [-0.39, 0.29) is 28.4 Å². The van der Waals surface area contributed by atoms with Crippen LogP contribution in [-0.2, 0) is 14.8 Å². The third-order valence-electron chi connectivity index (χ3n) is 6.10. The highest BCUT2D eigenvalue weighted by Crippen LogP contribution is 2.33. The molecule has 12 heteroatoms. The second-order valence-corrected chi connectivity index (χ2v) is 13.0. The molecule has 1 atom stereocenters. The second-order valence-electron chi connectivity index (χ2n) is 8.16. The Bertz CT molecular complexity index is 1290. The van der Waals surface area contributed by atoms with Gasteiger partial charge in [0.05, 0.1) is 15.0 Å². The lowest BCUT2D eigenvalue weighted by molar-refractivity contribution is -0.137. The highest BCUT2D eigenvalue weighted by atomic mass is 35.5. The average molecular weight is 529 g/mol. The van der Waals surface area contributed by atoms with Crippen molar-refractivity contribution in [1.29, 1.82) is 0 Å². The van der Waals surface area contributed by atoms with Crippen molar-refractivity contribution in [1.82, 2.24) is 14.2 Å². The number of thiophene rings is 1. The van der Waals surface area contributed by atoms with E-state index in [4.69, 9.17) is 11.6 Å². The number of sulfonamides is 1. The molecule has 0 spiro atoms. The van der Waals surface area contributed by atoms with E-state index in [9.17, 15) is 17.6 Å². The molecular formula is C21H22ClFN4O3S3. The molecule has 33 heavy (non-hydrogen) atoms. The first kappa shape index (κ1) is 23.0. The maximum atomic E-state index is 14.0. The molecule has 2 aromatic heterocycles. The summed E-state index contributed by atoms with van der Waals surface area (Å²) < 4.78 is 42.7. The van der Waals surface area contributed by atoms with Gasteiger partial charge < -0.3 is 9.80 Å². The zero-order valence-electron chi connectivity index (χ0n) is 17.6. The lowest BCUT2D eigenvalue weighted by Crippen LogP contribution is -2.53. The average Bonchev–Trinajstić information content (AvgIpc) is 3.46. The first-order valence-corrected chi connectivity index (χ1v) is 14.1. The molecule has 0 saturated carbocycles. The Balaban J connectivity index is 1.22. The minimum absolute atomic E-state index is 0.00546. The van der Waals surface area contributed by atoms with Crippen LogP contribution in [0.25, 0.3) is 10.2 Å². The predicted molar refractivity (Wildman–Crippen MR) is 129 cm³/mol. The molecular weight excluding hydrogens is 507 g/mol. The van der Waals surface area contributed by atoms with Crippen LogP contribution >= 0.6 is 34.3 Å². The van der Waals surface area contributed by atoms with E-state index >= 15 is 0 Å². The van der Waals surface area contributed by atoms with Crippen molar-refractivity contribution in [2.24, 2.45) is 5.92 Å². The zero-order chi connectivity index (χ0) is 23.2. The molecule has 7 nitrogen and oxygen atoms in total. The van der Waals surface area contributed by atoms with Crippen molar-refractivity contribution in [2.75, 3.05) is 44.2 Å². The first-order valence-electron chi connectivity index (χ1n) is 10.7. The number of nitrogens with zero attached hydrogens (tertiary/aromatic N) is 4. The number of piperazine rings is 1. The summed E-state index contributed by atoms with van der Waals surface area (Å²) in [4.78, 5) is 21.5. The summed E-state index contributed by atoms with van der Waals surface area (Å²) >= 11 is 8.40. The topological polar surface area (TPSA) is 73.8 Å². The second kappa shape index (κ2) is 9.10. The van der Waals surface area contributed by atoms with Gasteiger partial charge in [-0.3, -0.25) is 4.79 Å². The largest absolute Gasteiger partial charge is 0.345 e. The van der Waals surface area contributed by atoms with Gasteiger partial charge in [0.2, 0.25) is 5.91 Å². The van der Waals surface area contributed by atoms with E-state index in [0.717, 1.165) is 21.2 Å². The molecule has 1 aromatic carbocycles. The van der Waals surface area contributed by atoms with Crippen molar-refractivity contribution in [3.63, 3.8) is 0 Å². The van der Waals surface area contributed by atoms with Gasteiger partial charge >= 0.3 is 0 Å². The van der Waals surface area contributed by atoms with Crippen molar-refractivity contribution >= 4 is 65.6 Å². The maximum absolute atomic E-state index is 14.0. The van der Waals surface area contributed by atoms with Gasteiger partial charge in [-0.1, -0.05) is 29.0 Å². The molecule has 1 amide bonds. The first-order chi connectivity index (χ1) is 15.8. The van der Waals surface area contributed by atoms with E-state index in [2.05, 4.69) is 9.88 Å². The van der Waals surface area contributed by atoms with Gasteiger partial charge in [0.1, 0.15) is 15.5 Å². The maximum Gasteiger partial charge on any atom is 0.252 e. The van der Waals surface area contributed by atoms with Gasteiger partial charge in [0.15, 0.2) is 5.13 Å². The van der Waals surface area contributed by atoms with Crippen LogP contribution in [0.1, 0.15) is 12.8 Å². The fourth-order valence-electron chi connectivity index (χ4n) is 4.34. The summed E-state index contributed by atoms with van der Waals surface area (Å²) in [6, 6.07) is 8.03. The van der Waals surface area contributed by atoms with Gasteiger partial charge in [0.25, 0.3) is 10.0 Å². The number of carbonyl (C=O) groups is 1. The summed E-state index contributed by atoms with van der Waals surface area (Å²) in [7, 11) is -3.65. The van der Waals surface area contributed by atoms with Crippen LogP contribution in [0.4, 0.5) is 9.52 Å². The number of carbonyl (C=O) groups excluding carboxylic acids is 1. The number of rotatable bonds is 4. The Kier molecular flexibility index (Phi) is 6.34. The minimum Gasteiger partial charge on any atom is -0.345 e. The van der Waals surface area contributed by atoms with Crippen LogP contribution in [0.3, 0.4) is 0 Å². The summed E-state index contributed by atoms with van der Waals surface area (Å²) in [5, 5.41) is 0.756. The van der Waals surface area contributed by atoms with Crippen LogP contribution in [0, 0.1) is 11.7 Å². The normalized spacial score (nSPS) is 20.5. The summed E-state index contributed by atoms with van der Waals surface area (Å²) in [6.07, 6.45) is 1.32. The van der Waals surface area contributed by atoms with Crippen LogP contribution in [0.15, 0.2) is 34.5 Å². The van der Waals surface area contributed by atoms with E-state index in [1.54, 1.807) is 12.1 Å². The Morgan fingerprint density at radius 1 is 1.09 bits per heavy atom. The van der Waals surface area contributed by atoms with Crippen molar-refractivity contribution in [2.45, 2.75) is 17.1 Å². The number of hydrogen-bond acceptors (Lipinski definition) is 7. The molecule has 5 rings (SSSR count). The highest BCUT2D eigenvalue weighted by Gasteiger charge is 2.36. The van der Waals surface area contributed by atoms with Crippen molar-refractivity contribution < 1.29 is 17.6 Å². The quantitative estimate of drug-likeness (QED) is 0.513. The molecule has 2 aliphatic rings. The summed E-state index contributed by atoms with van der Waals surface area (Å²) in [6.45, 7) is 2.87. The summed E-state index contributed by atoms with van der Waals surface area (Å²) in [5.41, 5.74) is 0.381. The van der Waals surface area contributed by atoms with Gasteiger partial charge in [-0.15, -0.1) is 11.3 Å². The van der Waals surface area contributed by atoms with Crippen LogP contribution in [0.5, 0.6) is 0 Å². The standard InChI is InChI=1S/C21H22ClFN4O3S3/c22-17-6-7-18(32-17)33(29,30)27-8-2-3-14(13-27)20(28)25-9-11-26(12-10-25)21-24-19-15(23)4-1-5-16(19)31-21/h1,4-7,14H,2-3,8-13H2. The molecule has 2 fully saturated rings. The summed E-state index contributed by atoms with van der Waals surface area (Å²) in [5.74, 6) is -0.688. The lowest BCUT2D eigenvalue weighted by Gasteiger charge is -2.38. The monoisotopic (exact) mass is 528 g/mol. The Labute approximate surface area is 204 Å². The van der Waals surface area contributed by atoms with E-state index < -0.39 is 10.0 Å². The third-order valence-corrected chi connectivity index (χ3v) is 10.7. The smallest absolute Gasteiger partial charge is 0.252 e. The van der Waals surface area contributed by atoms with Crippen LogP contribution < -0.4 is 4.90 Å². The van der Waals surface area contributed by atoms with Gasteiger partial charge in [-0.05, 0) is 37.1 Å². The van der Waals surface area contributed by atoms with E-state index in [1.807, 2.05) is 11.0 Å². The van der Waals surface area contributed by atoms with E-state index in [1.165, 1.54) is 27.8 Å². The van der Waals surface area contributed by atoms with Crippen LogP contribution in [-0.4, -0.2) is 67.8 Å². The highest BCUT2D eigenvalue weighted by molar-refractivity contribution is 7.91. The Hall–Kier alpha value is -1.79. The minimum atomic E-state index is -3.65. The molecule has 2 saturated heterocycles. The zero-order valence-corrected chi connectivity index (χ0v) is 20.8. The number of fused-ring (bicyclic) bond motifs is 1. The Morgan fingerprint density at radius 3 is 2.58 bits per heavy atom. The van der Waals surface area contributed by atoms with E-state index in [0.29, 0.717) is 55.4 Å². The molecule has 176 valence electrons. The fraction of sp³-hybridized carbons (Fsp3) is 0.429. The molecule has 0 N–H and O–H groups in total. The van der Waals surface area contributed by atoms with Gasteiger partial charge in [-0.25, -0.2) is 17.8 Å². The molecule has 0 radical (unpaired) electrons. The lowest BCUT2D eigenvalue weighted by atomic mass is 9.98. The number of halogens is 2. The van der Waals surface area contributed by atoms with Crippen molar-refractivity contribution in [3.05, 3.63) is 40.5 Å². The molecule has 1 unspecified atom stereocenters. The van der Waals surface area contributed by atoms with Gasteiger partial charge in [-0.2, -0.15) is 4.31 Å². The number of hydrogen-bond donors (Lipinski definition) is 0. The number of thiazole rings is 1. The Morgan fingerprint density at radius 2 is 1.88 bits per heavy atom. The van der Waals surface area contributed by atoms with Crippen LogP contribution in [0.2, 0.25) is 4.34 Å². The number of para-hydroxylation sites is 1. The molecule has 2 aliphatic heterocycles.